The van der Waals surface area contributed by atoms with Crippen molar-refractivity contribution in [2.24, 2.45) is 0 Å². The van der Waals surface area contributed by atoms with Gasteiger partial charge in [0.15, 0.2) is 11.5 Å². The minimum Gasteiger partial charge on any atom is -0.461 e. The Bertz CT molecular complexity index is 792. The molecular weight excluding hydrogens is 306 g/mol. The number of carbonyl (C=O) groups is 1. The zero-order valence-electron chi connectivity index (χ0n) is 13.3. The van der Waals surface area contributed by atoms with E-state index in [4.69, 9.17) is 9.15 Å². The van der Waals surface area contributed by atoms with Gasteiger partial charge in [-0.1, -0.05) is 6.07 Å². The molecule has 0 unspecified atom stereocenters. The average molecular weight is 325 g/mol. The fourth-order valence-electron chi connectivity index (χ4n) is 3.11. The van der Waals surface area contributed by atoms with Crippen LogP contribution in [0.4, 0.5) is 0 Å². The Morgan fingerprint density at radius 1 is 1.29 bits per heavy atom. The quantitative estimate of drug-likeness (QED) is 0.674. The van der Waals surface area contributed by atoms with Gasteiger partial charge in [0.1, 0.15) is 5.65 Å². The number of fused-ring (bicyclic) bond motifs is 1. The molecule has 3 aromatic rings. The first kappa shape index (κ1) is 15.1. The van der Waals surface area contributed by atoms with Crippen molar-refractivity contribution in [1.82, 2.24) is 14.3 Å². The molecule has 1 saturated heterocycles. The molecule has 0 N–H and O–H groups in total. The molecular formula is C18H19N3O3. The number of hydrogen-bond donors (Lipinski definition) is 0. The molecule has 0 amide bonds. The Hall–Kier alpha value is -2.44. The van der Waals surface area contributed by atoms with Gasteiger partial charge in [0.05, 0.1) is 25.2 Å². The second-order valence-electron chi connectivity index (χ2n) is 6.00. The fraction of sp³-hybridized carbons (Fsp3) is 0.333. The monoisotopic (exact) mass is 325 g/mol. The molecule has 0 aliphatic carbocycles. The van der Waals surface area contributed by atoms with Gasteiger partial charge in [-0.3, -0.25) is 9.69 Å². The van der Waals surface area contributed by atoms with Crippen LogP contribution < -0.4 is 0 Å². The Morgan fingerprint density at radius 3 is 3.08 bits per heavy atom. The largest absolute Gasteiger partial charge is 0.461 e. The van der Waals surface area contributed by atoms with Crippen LogP contribution in [0.2, 0.25) is 0 Å². The molecule has 0 aromatic carbocycles. The van der Waals surface area contributed by atoms with Crippen molar-refractivity contribution in [3.63, 3.8) is 0 Å². The molecule has 1 fully saturated rings. The van der Waals surface area contributed by atoms with E-state index in [9.17, 15) is 4.79 Å². The van der Waals surface area contributed by atoms with E-state index in [1.54, 1.807) is 12.1 Å². The molecule has 1 aliphatic rings. The van der Waals surface area contributed by atoms with E-state index in [-0.39, 0.29) is 11.8 Å². The number of ketones is 1. The highest BCUT2D eigenvalue weighted by Crippen LogP contribution is 2.17. The maximum atomic E-state index is 12.3. The van der Waals surface area contributed by atoms with Crippen molar-refractivity contribution in [2.45, 2.75) is 19.0 Å². The van der Waals surface area contributed by atoms with Crippen LogP contribution in [0.1, 0.15) is 22.7 Å². The van der Waals surface area contributed by atoms with Crippen molar-refractivity contribution in [3.05, 3.63) is 60.4 Å². The summed E-state index contributed by atoms with van der Waals surface area (Å²) in [4.78, 5) is 19.2. The Kier molecular flexibility index (Phi) is 4.15. The maximum Gasteiger partial charge on any atom is 0.199 e. The molecule has 124 valence electrons. The molecule has 4 rings (SSSR count). The summed E-state index contributed by atoms with van der Waals surface area (Å²) >= 11 is 0. The van der Waals surface area contributed by atoms with E-state index in [0.717, 1.165) is 17.9 Å². The van der Waals surface area contributed by atoms with Crippen molar-refractivity contribution < 1.29 is 13.9 Å². The fourth-order valence-corrected chi connectivity index (χ4v) is 3.11. The summed E-state index contributed by atoms with van der Waals surface area (Å²) in [5.41, 5.74) is 1.93. The van der Waals surface area contributed by atoms with Crippen molar-refractivity contribution in [2.75, 3.05) is 19.8 Å². The van der Waals surface area contributed by atoms with Crippen LogP contribution in [-0.4, -0.2) is 45.9 Å². The van der Waals surface area contributed by atoms with E-state index in [1.807, 2.05) is 35.0 Å². The number of furan rings is 1. The molecule has 3 aromatic heterocycles. The normalized spacial score (nSPS) is 18.9. The smallest absolute Gasteiger partial charge is 0.199 e. The van der Waals surface area contributed by atoms with Crippen LogP contribution in [0.15, 0.2) is 53.4 Å². The van der Waals surface area contributed by atoms with E-state index in [1.165, 1.54) is 6.26 Å². The zero-order chi connectivity index (χ0) is 16.4. The van der Waals surface area contributed by atoms with Gasteiger partial charge in [0, 0.05) is 37.9 Å². The zero-order valence-corrected chi connectivity index (χ0v) is 13.3. The molecule has 1 aliphatic heterocycles. The van der Waals surface area contributed by atoms with Crippen LogP contribution in [0, 0.1) is 0 Å². The first-order chi connectivity index (χ1) is 11.8. The lowest BCUT2D eigenvalue weighted by molar-refractivity contribution is -0.0133. The van der Waals surface area contributed by atoms with Gasteiger partial charge < -0.3 is 13.6 Å². The topological polar surface area (TPSA) is 60.0 Å². The third-order valence-electron chi connectivity index (χ3n) is 4.35. The molecule has 0 radical (unpaired) electrons. The number of hydrogen-bond acceptors (Lipinski definition) is 5. The van der Waals surface area contributed by atoms with Crippen LogP contribution >= 0.6 is 0 Å². The number of rotatable bonds is 5. The van der Waals surface area contributed by atoms with Crippen molar-refractivity contribution in [1.29, 1.82) is 0 Å². The van der Waals surface area contributed by atoms with E-state index in [2.05, 4.69) is 9.88 Å². The lowest BCUT2D eigenvalue weighted by Gasteiger charge is -2.34. The van der Waals surface area contributed by atoms with Crippen LogP contribution in [-0.2, 0) is 11.3 Å². The first-order valence-electron chi connectivity index (χ1n) is 8.11. The second-order valence-corrected chi connectivity index (χ2v) is 6.00. The number of ether oxygens (including phenoxy) is 1. The molecule has 4 heterocycles. The molecule has 24 heavy (non-hydrogen) atoms. The summed E-state index contributed by atoms with van der Waals surface area (Å²) < 4.78 is 12.8. The first-order valence-corrected chi connectivity index (χ1v) is 8.11. The summed E-state index contributed by atoms with van der Waals surface area (Å²) in [5.74, 6) is 0.420. The highest BCUT2D eigenvalue weighted by Gasteiger charge is 2.27. The van der Waals surface area contributed by atoms with E-state index < -0.39 is 0 Å². The molecule has 6 nitrogen and oxygen atoms in total. The van der Waals surface area contributed by atoms with Gasteiger partial charge in [-0.25, -0.2) is 4.98 Å². The van der Waals surface area contributed by atoms with Gasteiger partial charge in [-0.05, 0) is 24.3 Å². The van der Waals surface area contributed by atoms with Crippen LogP contribution in [0.3, 0.4) is 0 Å². The van der Waals surface area contributed by atoms with Gasteiger partial charge in [0.2, 0.25) is 0 Å². The number of nitrogens with zero attached hydrogens (tertiary/aromatic N) is 3. The Balaban J connectivity index is 1.48. The highest BCUT2D eigenvalue weighted by atomic mass is 16.5. The van der Waals surface area contributed by atoms with Crippen LogP contribution in [0.25, 0.3) is 5.65 Å². The summed E-state index contributed by atoms with van der Waals surface area (Å²) in [6.45, 7) is 2.74. The minimum atomic E-state index is 0.00972. The van der Waals surface area contributed by atoms with Crippen LogP contribution in [0.5, 0.6) is 0 Å². The van der Waals surface area contributed by atoms with Gasteiger partial charge >= 0.3 is 0 Å². The number of morpholine rings is 1. The summed E-state index contributed by atoms with van der Waals surface area (Å²) in [7, 11) is 0. The van der Waals surface area contributed by atoms with E-state index in [0.29, 0.717) is 31.9 Å². The van der Waals surface area contributed by atoms with Crippen molar-refractivity contribution >= 4 is 11.4 Å². The Labute approximate surface area is 139 Å². The molecule has 0 spiro atoms. The third kappa shape index (κ3) is 3.11. The predicted molar refractivity (Wildman–Crippen MR) is 87.9 cm³/mol. The van der Waals surface area contributed by atoms with Gasteiger partial charge in [-0.15, -0.1) is 0 Å². The second kappa shape index (κ2) is 6.59. The standard InChI is InChI=1S/C18H19N3O3/c22-16(17-4-3-8-24-17)10-15-13-23-9-7-20(15)11-14-12-21-6-2-1-5-18(21)19-14/h1-6,8,12,15H,7,9-11,13H2/t15-/m1/s1. The third-order valence-corrected chi connectivity index (χ3v) is 4.35. The highest BCUT2D eigenvalue weighted by molar-refractivity contribution is 5.93. The molecule has 6 heteroatoms. The lowest BCUT2D eigenvalue weighted by Crippen LogP contribution is -2.45. The lowest BCUT2D eigenvalue weighted by atomic mass is 10.1. The summed E-state index contributed by atoms with van der Waals surface area (Å²) in [6.07, 6.45) is 5.94. The number of Topliss-reactive ketones (excluding diaryl/α,β-unsaturated/α-hetero) is 1. The maximum absolute atomic E-state index is 12.3. The molecule has 0 saturated carbocycles. The van der Waals surface area contributed by atoms with Gasteiger partial charge in [0.25, 0.3) is 0 Å². The molecule has 1 atom stereocenters. The average Bonchev–Trinajstić information content (AvgIpc) is 3.25. The van der Waals surface area contributed by atoms with E-state index >= 15 is 0 Å². The summed E-state index contributed by atoms with van der Waals surface area (Å²) in [6, 6.07) is 9.43. The minimum absolute atomic E-state index is 0.00972. The Morgan fingerprint density at radius 2 is 2.25 bits per heavy atom. The number of carbonyl (C=O) groups excluding carboxylic acids is 1. The summed E-state index contributed by atoms with van der Waals surface area (Å²) in [5, 5.41) is 0. The van der Waals surface area contributed by atoms with Gasteiger partial charge in [-0.2, -0.15) is 0 Å². The van der Waals surface area contributed by atoms with Crippen molar-refractivity contribution in [3.8, 4) is 0 Å². The number of imidazole rings is 1. The SMILES string of the molecule is O=C(C[C@@H]1COCCN1Cc1cn2ccccc2n1)c1ccco1. The number of aromatic nitrogens is 2. The number of pyridine rings is 1. The predicted octanol–water partition coefficient (Wildman–Crippen LogP) is 2.40. The molecule has 0 bridgehead atoms.